The van der Waals surface area contributed by atoms with Gasteiger partial charge in [0.15, 0.2) is 0 Å². The topological polar surface area (TPSA) is 48.7 Å². The van der Waals surface area contributed by atoms with Crippen LogP contribution in [0.4, 0.5) is 0 Å². The second kappa shape index (κ2) is 3.88. The van der Waals surface area contributed by atoms with Crippen LogP contribution in [0.25, 0.3) is 0 Å². The van der Waals surface area contributed by atoms with Crippen molar-refractivity contribution in [1.29, 1.82) is 5.26 Å². The number of nitrogens with one attached hydrogen (secondary N) is 1. The van der Waals surface area contributed by atoms with Gasteiger partial charge in [-0.1, -0.05) is 0 Å². The van der Waals surface area contributed by atoms with Crippen LogP contribution in [0.1, 0.15) is 36.4 Å². The summed E-state index contributed by atoms with van der Waals surface area (Å²) in [5.41, 5.74) is 1.83. The summed E-state index contributed by atoms with van der Waals surface area (Å²) in [4.78, 5) is 4.44. The molecular formula is C13H15N3. The first-order valence-electron chi connectivity index (χ1n) is 5.96. The number of rotatable bonds is 1. The molecule has 0 spiro atoms. The van der Waals surface area contributed by atoms with Crippen molar-refractivity contribution in [1.82, 2.24) is 10.3 Å². The SMILES string of the molecule is N#Cc1ccc(C2CC3CCC2CN3)nc1. The average Bonchev–Trinajstić information content (AvgIpc) is 2.40. The third-order valence-electron chi connectivity index (χ3n) is 3.96. The summed E-state index contributed by atoms with van der Waals surface area (Å²) in [7, 11) is 0. The van der Waals surface area contributed by atoms with E-state index in [0.29, 0.717) is 17.5 Å². The Bertz CT molecular complexity index is 410. The molecule has 1 aromatic heterocycles. The van der Waals surface area contributed by atoms with Gasteiger partial charge in [-0.3, -0.25) is 4.98 Å². The Labute approximate surface area is 95.5 Å². The highest BCUT2D eigenvalue weighted by Crippen LogP contribution is 2.40. The number of piperidine rings is 2. The summed E-state index contributed by atoms with van der Waals surface area (Å²) in [5, 5.41) is 12.3. The van der Waals surface area contributed by atoms with Crippen molar-refractivity contribution >= 4 is 0 Å². The quantitative estimate of drug-likeness (QED) is 0.774. The maximum Gasteiger partial charge on any atom is 0.101 e. The number of pyridine rings is 1. The van der Waals surface area contributed by atoms with Gasteiger partial charge in [0.1, 0.15) is 6.07 Å². The maximum atomic E-state index is 8.74. The predicted octanol–water partition coefficient (Wildman–Crippen LogP) is 1.81. The fourth-order valence-electron chi connectivity index (χ4n) is 3.03. The molecule has 2 aliphatic heterocycles. The lowest BCUT2D eigenvalue weighted by Crippen LogP contribution is -2.48. The summed E-state index contributed by atoms with van der Waals surface area (Å²) in [5.74, 6) is 1.35. The average molecular weight is 213 g/mol. The second-order valence-corrected chi connectivity index (χ2v) is 4.87. The van der Waals surface area contributed by atoms with E-state index in [-0.39, 0.29) is 0 Å². The Balaban J connectivity index is 1.84. The van der Waals surface area contributed by atoms with Crippen molar-refractivity contribution in [3.8, 4) is 6.07 Å². The Hall–Kier alpha value is -1.40. The van der Waals surface area contributed by atoms with Gasteiger partial charge in [-0.25, -0.2) is 0 Å². The standard InChI is InChI=1S/C13H15N3/c14-6-9-1-4-13(16-7-9)12-5-11-3-2-10(12)8-15-11/h1,4,7,10-12,15H,2-3,5,8H2. The monoisotopic (exact) mass is 213 g/mol. The van der Waals surface area contributed by atoms with E-state index in [0.717, 1.165) is 12.5 Å². The Kier molecular flexibility index (Phi) is 2.37. The number of aromatic nitrogens is 1. The molecule has 1 aromatic rings. The van der Waals surface area contributed by atoms with Crippen molar-refractivity contribution in [2.45, 2.75) is 31.2 Å². The molecule has 3 atom stereocenters. The molecule has 16 heavy (non-hydrogen) atoms. The van der Waals surface area contributed by atoms with Gasteiger partial charge in [-0.2, -0.15) is 5.26 Å². The molecule has 1 aliphatic carbocycles. The minimum Gasteiger partial charge on any atom is -0.314 e. The number of hydrogen-bond donors (Lipinski definition) is 1. The molecular weight excluding hydrogens is 198 g/mol. The van der Waals surface area contributed by atoms with Gasteiger partial charge in [0, 0.05) is 23.9 Å². The van der Waals surface area contributed by atoms with Gasteiger partial charge in [-0.05, 0) is 43.9 Å². The van der Waals surface area contributed by atoms with Crippen LogP contribution in [0.2, 0.25) is 0 Å². The zero-order chi connectivity index (χ0) is 11.0. The summed E-state index contributed by atoms with van der Waals surface area (Å²) in [6, 6.07) is 6.72. The smallest absolute Gasteiger partial charge is 0.101 e. The molecule has 1 N–H and O–H groups in total. The first-order chi connectivity index (χ1) is 7.86. The highest BCUT2D eigenvalue weighted by atomic mass is 15.0. The van der Waals surface area contributed by atoms with Crippen LogP contribution in [-0.4, -0.2) is 17.6 Å². The Morgan fingerprint density at radius 2 is 2.31 bits per heavy atom. The van der Waals surface area contributed by atoms with E-state index < -0.39 is 0 Å². The van der Waals surface area contributed by atoms with Crippen molar-refractivity contribution in [2.24, 2.45) is 5.92 Å². The fourth-order valence-corrected chi connectivity index (χ4v) is 3.03. The number of fused-ring (bicyclic) bond motifs is 3. The summed E-state index contributed by atoms with van der Waals surface area (Å²) in [6.45, 7) is 1.14. The molecule has 0 aromatic carbocycles. The molecule has 0 radical (unpaired) electrons. The lowest BCUT2D eigenvalue weighted by atomic mass is 9.71. The van der Waals surface area contributed by atoms with Crippen LogP contribution in [0.5, 0.6) is 0 Å². The minimum absolute atomic E-state index is 0.604. The van der Waals surface area contributed by atoms with Crippen LogP contribution < -0.4 is 5.32 Å². The molecule has 4 rings (SSSR count). The number of nitrogens with zero attached hydrogens (tertiary/aromatic N) is 2. The predicted molar refractivity (Wildman–Crippen MR) is 60.8 cm³/mol. The van der Waals surface area contributed by atoms with E-state index in [9.17, 15) is 0 Å². The molecule has 3 unspecified atom stereocenters. The van der Waals surface area contributed by atoms with E-state index in [2.05, 4.69) is 16.4 Å². The third kappa shape index (κ3) is 1.60. The van der Waals surface area contributed by atoms with Crippen molar-refractivity contribution in [3.63, 3.8) is 0 Å². The first kappa shape index (κ1) is 9.80. The maximum absolute atomic E-state index is 8.74. The number of nitriles is 1. The molecule has 2 bridgehead atoms. The van der Waals surface area contributed by atoms with Crippen LogP contribution >= 0.6 is 0 Å². The molecule has 3 fully saturated rings. The second-order valence-electron chi connectivity index (χ2n) is 4.87. The lowest BCUT2D eigenvalue weighted by Gasteiger charge is -2.42. The van der Waals surface area contributed by atoms with E-state index in [1.165, 1.54) is 25.0 Å². The van der Waals surface area contributed by atoms with Crippen LogP contribution in [0.3, 0.4) is 0 Å². The third-order valence-corrected chi connectivity index (χ3v) is 3.96. The van der Waals surface area contributed by atoms with Crippen LogP contribution in [-0.2, 0) is 0 Å². The van der Waals surface area contributed by atoms with E-state index >= 15 is 0 Å². The van der Waals surface area contributed by atoms with Gasteiger partial charge in [0.2, 0.25) is 0 Å². The van der Waals surface area contributed by atoms with Gasteiger partial charge >= 0.3 is 0 Å². The summed E-state index contributed by atoms with van der Waals surface area (Å²) < 4.78 is 0. The molecule has 3 heterocycles. The molecule has 82 valence electrons. The van der Waals surface area contributed by atoms with Gasteiger partial charge in [-0.15, -0.1) is 0 Å². The Morgan fingerprint density at radius 1 is 1.38 bits per heavy atom. The highest BCUT2D eigenvalue weighted by Gasteiger charge is 2.36. The van der Waals surface area contributed by atoms with Crippen LogP contribution in [0, 0.1) is 17.2 Å². The fraction of sp³-hybridized carbons (Fsp3) is 0.538. The van der Waals surface area contributed by atoms with Gasteiger partial charge in [0.05, 0.1) is 5.56 Å². The van der Waals surface area contributed by atoms with Crippen molar-refractivity contribution in [2.75, 3.05) is 6.54 Å². The van der Waals surface area contributed by atoms with Crippen molar-refractivity contribution < 1.29 is 0 Å². The lowest BCUT2D eigenvalue weighted by molar-refractivity contribution is 0.178. The Morgan fingerprint density at radius 3 is 2.81 bits per heavy atom. The van der Waals surface area contributed by atoms with E-state index in [1.54, 1.807) is 6.20 Å². The number of hydrogen-bond acceptors (Lipinski definition) is 3. The largest absolute Gasteiger partial charge is 0.314 e. The van der Waals surface area contributed by atoms with Gasteiger partial charge in [0.25, 0.3) is 0 Å². The zero-order valence-corrected chi connectivity index (χ0v) is 9.19. The van der Waals surface area contributed by atoms with Crippen molar-refractivity contribution in [3.05, 3.63) is 29.6 Å². The molecule has 3 heteroatoms. The normalized spacial score (nSPS) is 32.3. The molecule has 2 saturated heterocycles. The molecule has 0 amide bonds. The zero-order valence-electron chi connectivity index (χ0n) is 9.19. The molecule has 3 nitrogen and oxygen atoms in total. The summed E-state index contributed by atoms with van der Waals surface area (Å²) >= 11 is 0. The minimum atomic E-state index is 0.604. The summed E-state index contributed by atoms with van der Waals surface area (Å²) in [6.07, 6.45) is 5.55. The van der Waals surface area contributed by atoms with Crippen LogP contribution in [0.15, 0.2) is 18.3 Å². The van der Waals surface area contributed by atoms with Gasteiger partial charge < -0.3 is 5.32 Å². The molecule has 3 aliphatic rings. The highest BCUT2D eigenvalue weighted by molar-refractivity contribution is 5.28. The first-order valence-corrected chi connectivity index (χ1v) is 5.96. The molecule has 1 saturated carbocycles. The van der Waals surface area contributed by atoms with E-state index in [4.69, 9.17) is 5.26 Å². The van der Waals surface area contributed by atoms with E-state index in [1.807, 2.05) is 12.1 Å².